The number of hydrogen-bond acceptors (Lipinski definition) is 5. The van der Waals surface area contributed by atoms with Crippen molar-refractivity contribution in [1.82, 2.24) is 20.2 Å². The Labute approximate surface area is 191 Å². The minimum atomic E-state index is -0.283. The zero-order chi connectivity index (χ0) is 22.0. The maximum atomic E-state index is 15.2. The number of nitrogens with one attached hydrogen (secondary N) is 1. The number of carbonyl (C=O) groups is 1. The Kier molecular flexibility index (Phi) is 4.80. The standard InChI is InChI=1S/C25H27FN4OS/c1-13-27-23(19-7-8-32-24(19)28-13)21-12-20(21)18-6-3-14(9-22(18)26)25(31)30(2)17-10-15-4-5-16(11-17)29-15/h3,6-9,15-17,20-21,29H,4-5,10-12H2,1-2H3/t15-,16+,17?,20-,21+/m1/s1. The van der Waals surface area contributed by atoms with E-state index in [2.05, 4.69) is 21.4 Å². The third-order valence-electron chi connectivity index (χ3n) is 7.57. The average molecular weight is 451 g/mol. The van der Waals surface area contributed by atoms with Crippen LogP contribution in [0.2, 0.25) is 0 Å². The zero-order valence-electron chi connectivity index (χ0n) is 18.3. The van der Waals surface area contributed by atoms with Crippen molar-refractivity contribution in [2.45, 2.75) is 69.0 Å². The summed E-state index contributed by atoms with van der Waals surface area (Å²) in [5.74, 6) is 0.707. The van der Waals surface area contributed by atoms with Crippen LogP contribution in [0.5, 0.6) is 0 Å². The summed E-state index contributed by atoms with van der Waals surface area (Å²) in [5, 5.41) is 6.73. The van der Waals surface area contributed by atoms with Crippen LogP contribution in [0.4, 0.5) is 4.39 Å². The number of benzene rings is 1. The Morgan fingerprint density at radius 2 is 1.91 bits per heavy atom. The predicted octanol–water partition coefficient (Wildman–Crippen LogP) is 4.76. The van der Waals surface area contributed by atoms with Gasteiger partial charge in [0.05, 0.1) is 5.69 Å². The number of piperidine rings is 1. The highest BCUT2D eigenvalue weighted by molar-refractivity contribution is 7.16. The van der Waals surface area contributed by atoms with E-state index in [1.165, 1.54) is 18.9 Å². The minimum Gasteiger partial charge on any atom is -0.339 e. The van der Waals surface area contributed by atoms with Gasteiger partial charge in [-0.2, -0.15) is 0 Å². The van der Waals surface area contributed by atoms with E-state index in [-0.39, 0.29) is 29.6 Å². The lowest BCUT2D eigenvalue weighted by Crippen LogP contribution is -2.48. The SMILES string of the molecule is Cc1nc([C@H]2C[C@@H]2c2ccc(C(=O)N(C)C3C[C@H]4CC[C@@H](C3)N4)cc2F)c2ccsc2n1. The molecule has 1 saturated carbocycles. The second-order valence-electron chi connectivity index (χ2n) is 9.66. The van der Waals surface area contributed by atoms with E-state index in [1.54, 1.807) is 17.4 Å². The highest BCUT2D eigenvalue weighted by Crippen LogP contribution is 2.56. The number of hydrogen-bond donors (Lipinski definition) is 1. The van der Waals surface area contributed by atoms with Crippen molar-refractivity contribution in [3.63, 3.8) is 0 Å². The largest absolute Gasteiger partial charge is 0.339 e. The van der Waals surface area contributed by atoms with Crippen LogP contribution in [-0.2, 0) is 0 Å². The number of halogens is 1. The molecule has 4 heterocycles. The third kappa shape index (κ3) is 3.42. The Hall–Kier alpha value is -2.38. The Morgan fingerprint density at radius 3 is 2.66 bits per heavy atom. The van der Waals surface area contributed by atoms with Gasteiger partial charge >= 0.3 is 0 Å². The zero-order valence-corrected chi connectivity index (χ0v) is 19.2. The van der Waals surface area contributed by atoms with Gasteiger partial charge in [0, 0.05) is 42.0 Å². The van der Waals surface area contributed by atoms with E-state index in [9.17, 15) is 4.79 Å². The molecule has 0 spiro atoms. The fraction of sp³-hybridized carbons (Fsp3) is 0.480. The molecule has 5 nitrogen and oxygen atoms in total. The van der Waals surface area contributed by atoms with Gasteiger partial charge < -0.3 is 10.2 Å². The molecule has 1 aliphatic carbocycles. The summed E-state index contributed by atoms with van der Waals surface area (Å²) in [6, 6.07) is 8.36. The Bertz CT molecular complexity index is 1200. The van der Waals surface area contributed by atoms with Gasteiger partial charge in [0.2, 0.25) is 0 Å². The summed E-state index contributed by atoms with van der Waals surface area (Å²) in [7, 11) is 1.87. The molecule has 2 aromatic heterocycles. The molecular weight excluding hydrogens is 423 g/mol. The predicted molar refractivity (Wildman–Crippen MR) is 124 cm³/mol. The first kappa shape index (κ1) is 20.2. The summed E-state index contributed by atoms with van der Waals surface area (Å²) in [6.07, 6.45) is 5.23. The summed E-state index contributed by atoms with van der Waals surface area (Å²) >= 11 is 1.61. The normalized spacial score (nSPS) is 28.8. The summed E-state index contributed by atoms with van der Waals surface area (Å²) < 4.78 is 15.2. The molecule has 6 rings (SSSR count). The van der Waals surface area contributed by atoms with Crippen molar-refractivity contribution in [3.8, 4) is 0 Å². The molecule has 3 fully saturated rings. The van der Waals surface area contributed by atoms with Gasteiger partial charge in [0.25, 0.3) is 5.91 Å². The molecule has 32 heavy (non-hydrogen) atoms. The highest BCUT2D eigenvalue weighted by atomic mass is 32.1. The number of thiophene rings is 1. The van der Waals surface area contributed by atoms with Crippen LogP contribution in [0.1, 0.15) is 71.4 Å². The monoisotopic (exact) mass is 450 g/mol. The van der Waals surface area contributed by atoms with Crippen LogP contribution in [0.15, 0.2) is 29.6 Å². The first-order valence-corrected chi connectivity index (χ1v) is 12.4. The van der Waals surface area contributed by atoms with Gasteiger partial charge in [-0.05, 0) is 74.1 Å². The summed E-state index contributed by atoms with van der Waals surface area (Å²) in [6.45, 7) is 1.91. The van der Waals surface area contributed by atoms with Crippen LogP contribution in [0, 0.1) is 12.7 Å². The van der Waals surface area contributed by atoms with Gasteiger partial charge in [-0.15, -0.1) is 11.3 Å². The minimum absolute atomic E-state index is 0.0829. The average Bonchev–Trinajstić information content (AvgIpc) is 3.30. The molecule has 2 saturated heterocycles. The molecular formula is C25H27FN4OS. The third-order valence-corrected chi connectivity index (χ3v) is 8.38. The first-order valence-electron chi connectivity index (χ1n) is 11.5. The molecule has 7 heteroatoms. The molecule has 1 unspecified atom stereocenters. The van der Waals surface area contributed by atoms with Crippen LogP contribution in [0.25, 0.3) is 10.2 Å². The maximum Gasteiger partial charge on any atom is 0.253 e. The van der Waals surface area contributed by atoms with Crippen LogP contribution in [-0.4, -0.2) is 45.9 Å². The van der Waals surface area contributed by atoms with E-state index in [0.29, 0.717) is 23.2 Å². The lowest BCUT2D eigenvalue weighted by atomic mass is 9.97. The smallest absolute Gasteiger partial charge is 0.253 e. The number of carbonyl (C=O) groups excluding carboxylic acids is 1. The van der Waals surface area contributed by atoms with E-state index < -0.39 is 0 Å². The highest BCUT2D eigenvalue weighted by Gasteiger charge is 2.43. The molecule has 5 atom stereocenters. The van der Waals surface area contributed by atoms with Crippen molar-refractivity contribution in [1.29, 1.82) is 0 Å². The molecule has 1 amide bonds. The molecule has 3 aromatic rings. The molecule has 2 bridgehead atoms. The fourth-order valence-electron chi connectivity index (χ4n) is 5.79. The number of rotatable bonds is 4. The molecule has 3 aliphatic rings. The second-order valence-corrected chi connectivity index (χ2v) is 10.6. The Morgan fingerprint density at radius 1 is 1.12 bits per heavy atom. The number of aryl methyl sites for hydroxylation is 1. The lowest BCUT2D eigenvalue weighted by molar-refractivity contribution is 0.0681. The summed E-state index contributed by atoms with van der Waals surface area (Å²) in [4.78, 5) is 25.1. The van der Waals surface area contributed by atoms with Crippen LogP contribution >= 0.6 is 11.3 Å². The first-order chi connectivity index (χ1) is 15.5. The van der Waals surface area contributed by atoms with Crippen LogP contribution < -0.4 is 5.32 Å². The van der Waals surface area contributed by atoms with E-state index in [0.717, 1.165) is 41.0 Å². The maximum absolute atomic E-state index is 15.2. The topological polar surface area (TPSA) is 58.1 Å². The molecule has 0 radical (unpaired) electrons. The van der Waals surface area contributed by atoms with E-state index in [4.69, 9.17) is 0 Å². The second kappa shape index (κ2) is 7.59. The molecule has 166 valence electrons. The van der Waals surface area contributed by atoms with Crippen LogP contribution in [0.3, 0.4) is 0 Å². The van der Waals surface area contributed by atoms with Crippen molar-refractivity contribution in [2.24, 2.45) is 0 Å². The lowest BCUT2D eigenvalue weighted by Gasteiger charge is -2.35. The number of fused-ring (bicyclic) bond motifs is 3. The van der Waals surface area contributed by atoms with Gasteiger partial charge in [-0.25, -0.2) is 14.4 Å². The molecule has 2 aliphatic heterocycles. The number of aromatic nitrogens is 2. The van der Waals surface area contributed by atoms with Gasteiger partial charge in [0.1, 0.15) is 16.5 Å². The van der Waals surface area contributed by atoms with Crippen molar-refractivity contribution in [3.05, 3.63) is 58.1 Å². The molecule has 1 aromatic carbocycles. The van der Waals surface area contributed by atoms with Crippen molar-refractivity contribution in [2.75, 3.05) is 7.05 Å². The van der Waals surface area contributed by atoms with E-state index in [1.807, 2.05) is 30.3 Å². The van der Waals surface area contributed by atoms with E-state index >= 15 is 4.39 Å². The quantitative estimate of drug-likeness (QED) is 0.622. The Balaban J connectivity index is 1.20. The fourth-order valence-corrected chi connectivity index (χ4v) is 6.60. The van der Waals surface area contributed by atoms with Crippen molar-refractivity contribution >= 4 is 27.5 Å². The van der Waals surface area contributed by atoms with Crippen molar-refractivity contribution < 1.29 is 9.18 Å². The van der Waals surface area contributed by atoms with Gasteiger partial charge in [-0.1, -0.05) is 6.07 Å². The van der Waals surface area contributed by atoms with Gasteiger partial charge in [-0.3, -0.25) is 4.79 Å². The number of amides is 1. The summed E-state index contributed by atoms with van der Waals surface area (Å²) in [5.41, 5.74) is 2.15. The van der Waals surface area contributed by atoms with Gasteiger partial charge in [0.15, 0.2) is 0 Å². The number of nitrogens with zero attached hydrogens (tertiary/aromatic N) is 3. The molecule has 1 N–H and O–H groups in total.